The van der Waals surface area contributed by atoms with E-state index in [0.29, 0.717) is 0 Å². The third-order valence-corrected chi connectivity index (χ3v) is 2.59. The fourth-order valence-corrected chi connectivity index (χ4v) is 2.01. The summed E-state index contributed by atoms with van der Waals surface area (Å²) in [6.07, 6.45) is 9.17. The molecular weight excluding hydrogens is 188 g/mol. The Labute approximate surface area is 90.0 Å². The van der Waals surface area contributed by atoms with Crippen molar-refractivity contribution < 1.29 is 4.43 Å². The molecule has 14 heavy (non-hydrogen) atoms. The van der Waals surface area contributed by atoms with Gasteiger partial charge in [-0.25, -0.2) is 0 Å². The Morgan fingerprint density at radius 1 is 1.29 bits per heavy atom. The van der Waals surface area contributed by atoms with E-state index >= 15 is 0 Å². The minimum Gasteiger partial charge on any atom is -0.545 e. The highest BCUT2D eigenvalue weighted by Gasteiger charge is 2.15. The molecule has 0 aromatic carbocycles. The van der Waals surface area contributed by atoms with E-state index in [1.165, 1.54) is 19.3 Å². The summed E-state index contributed by atoms with van der Waals surface area (Å²) in [6, 6.07) is 0. The largest absolute Gasteiger partial charge is 0.545 e. The van der Waals surface area contributed by atoms with Crippen molar-refractivity contribution in [1.29, 1.82) is 0 Å². The molecule has 1 nitrogen and oxygen atoms in total. The highest BCUT2D eigenvalue weighted by molar-refractivity contribution is 6.70. The fraction of sp³-hybridized carbons (Fsp3) is 0.667. The van der Waals surface area contributed by atoms with E-state index < -0.39 is 8.32 Å². The van der Waals surface area contributed by atoms with Gasteiger partial charge in [0.25, 0.3) is 0 Å². The minimum atomic E-state index is -1.45. The van der Waals surface area contributed by atoms with Gasteiger partial charge in [0, 0.05) is 0 Å². The van der Waals surface area contributed by atoms with Crippen LogP contribution < -0.4 is 0 Å². The normalized spacial score (nSPS) is 12.0. The van der Waals surface area contributed by atoms with Crippen molar-refractivity contribution in [3.63, 3.8) is 0 Å². The van der Waals surface area contributed by atoms with Crippen LogP contribution in [0.15, 0.2) is 24.5 Å². The summed E-state index contributed by atoms with van der Waals surface area (Å²) in [5.74, 6) is 0.820. The van der Waals surface area contributed by atoms with Gasteiger partial charge in [-0.1, -0.05) is 32.4 Å². The van der Waals surface area contributed by atoms with Crippen molar-refractivity contribution in [3.8, 4) is 0 Å². The van der Waals surface area contributed by atoms with Crippen LogP contribution in [0.25, 0.3) is 0 Å². The van der Waals surface area contributed by atoms with Gasteiger partial charge < -0.3 is 4.43 Å². The SMILES string of the molecule is C=C(C=CCCCCC)O[Si](C)(C)C. The number of allylic oxidation sites excluding steroid dienone is 2. The Bertz CT molecular complexity index is 189. The van der Waals surface area contributed by atoms with Gasteiger partial charge in [0.05, 0.1) is 5.76 Å². The molecule has 0 aliphatic heterocycles. The van der Waals surface area contributed by atoms with Crippen molar-refractivity contribution in [2.75, 3.05) is 0 Å². The van der Waals surface area contributed by atoms with Crippen LogP contribution in [0.3, 0.4) is 0 Å². The molecule has 0 spiro atoms. The van der Waals surface area contributed by atoms with Gasteiger partial charge in [0.15, 0.2) is 0 Å². The fourth-order valence-electron chi connectivity index (χ4n) is 1.15. The van der Waals surface area contributed by atoms with Crippen LogP contribution in [0.5, 0.6) is 0 Å². The molecule has 0 saturated heterocycles. The molecule has 0 radical (unpaired) electrons. The zero-order chi connectivity index (χ0) is 11.0. The molecule has 0 fully saturated rings. The van der Waals surface area contributed by atoms with Crippen LogP contribution >= 0.6 is 0 Å². The smallest absolute Gasteiger partial charge is 0.242 e. The van der Waals surface area contributed by atoms with Crippen molar-refractivity contribution in [2.45, 2.75) is 52.2 Å². The first-order valence-corrected chi connectivity index (χ1v) is 8.91. The predicted molar refractivity (Wildman–Crippen MR) is 66.9 cm³/mol. The number of hydrogen-bond donors (Lipinski definition) is 0. The van der Waals surface area contributed by atoms with Gasteiger partial charge in [-0.15, -0.1) is 0 Å². The zero-order valence-electron chi connectivity index (χ0n) is 10.1. The predicted octanol–water partition coefficient (Wildman–Crippen LogP) is 4.49. The number of hydrogen-bond acceptors (Lipinski definition) is 1. The van der Waals surface area contributed by atoms with Crippen molar-refractivity contribution >= 4 is 8.32 Å². The average Bonchev–Trinajstić information content (AvgIpc) is 2.00. The third kappa shape index (κ3) is 9.58. The summed E-state index contributed by atoms with van der Waals surface area (Å²) in [4.78, 5) is 0. The van der Waals surface area contributed by atoms with Gasteiger partial charge >= 0.3 is 0 Å². The Morgan fingerprint density at radius 3 is 2.43 bits per heavy atom. The van der Waals surface area contributed by atoms with Gasteiger partial charge in [-0.3, -0.25) is 0 Å². The van der Waals surface area contributed by atoms with E-state index in [9.17, 15) is 0 Å². The van der Waals surface area contributed by atoms with Crippen molar-refractivity contribution in [3.05, 3.63) is 24.5 Å². The van der Waals surface area contributed by atoms with Crippen LogP contribution in [0, 0.1) is 0 Å². The molecule has 0 bridgehead atoms. The zero-order valence-corrected chi connectivity index (χ0v) is 11.1. The summed E-state index contributed by atoms with van der Waals surface area (Å²) in [5.41, 5.74) is 0. The summed E-state index contributed by atoms with van der Waals surface area (Å²) in [7, 11) is -1.45. The Kier molecular flexibility index (Phi) is 6.63. The average molecular weight is 212 g/mol. The van der Waals surface area contributed by atoms with E-state index in [1.54, 1.807) is 0 Å². The lowest BCUT2D eigenvalue weighted by Gasteiger charge is -2.18. The van der Waals surface area contributed by atoms with Gasteiger partial charge in [-0.2, -0.15) is 0 Å². The Morgan fingerprint density at radius 2 is 1.93 bits per heavy atom. The van der Waals surface area contributed by atoms with E-state index in [2.05, 4.69) is 39.2 Å². The first-order chi connectivity index (χ1) is 6.45. The molecule has 0 aromatic heterocycles. The summed E-state index contributed by atoms with van der Waals surface area (Å²) < 4.78 is 5.70. The quantitative estimate of drug-likeness (QED) is 0.261. The summed E-state index contributed by atoms with van der Waals surface area (Å²) >= 11 is 0. The van der Waals surface area contributed by atoms with Crippen LogP contribution in [0.1, 0.15) is 32.6 Å². The number of unbranched alkanes of at least 4 members (excludes halogenated alkanes) is 3. The molecule has 82 valence electrons. The maximum Gasteiger partial charge on any atom is 0.242 e. The molecule has 0 unspecified atom stereocenters. The maximum atomic E-state index is 5.70. The van der Waals surface area contributed by atoms with E-state index in [-0.39, 0.29) is 0 Å². The Balaban J connectivity index is 3.61. The molecule has 0 aliphatic rings. The highest BCUT2D eigenvalue weighted by Crippen LogP contribution is 2.10. The van der Waals surface area contributed by atoms with Crippen LogP contribution in [-0.2, 0) is 4.43 Å². The third-order valence-electron chi connectivity index (χ3n) is 1.72. The minimum absolute atomic E-state index is 0.820. The van der Waals surface area contributed by atoms with Crippen LogP contribution in [0.4, 0.5) is 0 Å². The Hall–Kier alpha value is -0.503. The highest BCUT2D eigenvalue weighted by atomic mass is 28.4. The van der Waals surface area contributed by atoms with Gasteiger partial charge in [0.1, 0.15) is 0 Å². The topological polar surface area (TPSA) is 9.23 Å². The second-order valence-electron chi connectivity index (χ2n) is 4.58. The van der Waals surface area contributed by atoms with Crippen molar-refractivity contribution in [1.82, 2.24) is 0 Å². The van der Waals surface area contributed by atoms with Crippen LogP contribution in [0.2, 0.25) is 19.6 Å². The number of rotatable bonds is 7. The standard InChI is InChI=1S/C12H24OSi/c1-6-7-8-9-10-11-12(2)13-14(3,4)5/h10-11H,2,6-9H2,1,3-5H3. The monoisotopic (exact) mass is 212 g/mol. The lowest BCUT2D eigenvalue weighted by Crippen LogP contribution is -2.23. The molecular formula is C12H24OSi. The molecule has 0 aliphatic carbocycles. The summed E-state index contributed by atoms with van der Waals surface area (Å²) in [6.45, 7) is 12.6. The van der Waals surface area contributed by atoms with Gasteiger partial charge in [-0.05, 0) is 38.6 Å². The maximum absolute atomic E-state index is 5.70. The second kappa shape index (κ2) is 6.88. The molecule has 0 atom stereocenters. The first-order valence-electron chi connectivity index (χ1n) is 5.50. The molecule has 0 saturated carbocycles. The molecule has 0 N–H and O–H groups in total. The van der Waals surface area contributed by atoms with Crippen LogP contribution in [-0.4, -0.2) is 8.32 Å². The molecule has 0 aromatic rings. The van der Waals surface area contributed by atoms with Gasteiger partial charge in [0.2, 0.25) is 8.32 Å². The lowest BCUT2D eigenvalue weighted by molar-refractivity contribution is 0.443. The van der Waals surface area contributed by atoms with E-state index in [0.717, 1.165) is 12.2 Å². The molecule has 0 amide bonds. The molecule has 2 heteroatoms. The molecule has 0 rings (SSSR count). The second-order valence-corrected chi connectivity index (χ2v) is 9.01. The molecule has 0 heterocycles. The lowest BCUT2D eigenvalue weighted by atomic mass is 10.2. The summed E-state index contributed by atoms with van der Waals surface area (Å²) in [5, 5.41) is 0. The first kappa shape index (κ1) is 13.5. The van der Waals surface area contributed by atoms with Crippen molar-refractivity contribution in [2.24, 2.45) is 0 Å². The van der Waals surface area contributed by atoms with E-state index in [4.69, 9.17) is 4.43 Å². The van der Waals surface area contributed by atoms with E-state index in [1.807, 2.05) is 6.08 Å².